The summed E-state index contributed by atoms with van der Waals surface area (Å²) in [7, 11) is 0. The zero-order valence-electron chi connectivity index (χ0n) is 18.3. The second-order valence-electron chi connectivity index (χ2n) is 8.20. The van der Waals surface area contributed by atoms with Crippen LogP contribution in [0.3, 0.4) is 0 Å². The lowest BCUT2D eigenvalue weighted by Crippen LogP contribution is -2.43. The first kappa shape index (κ1) is 23.4. The van der Waals surface area contributed by atoms with Crippen molar-refractivity contribution in [3.8, 4) is 0 Å². The van der Waals surface area contributed by atoms with E-state index in [-0.39, 0.29) is 17.7 Å². The molecule has 33 heavy (non-hydrogen) atoms. The van der Waals surface area contributed by atoms with Crippen molar-refractivity contribution in [2.75, 3.05) is 25.0 Å². The summed E-state index contributed by atoms with van der Waals surface area (Å²) in [6.45, 7) is 2.31. The third kappa shape index (κ3) is 6.87. The molecule has 0 unspecified atom stereocenters. The number of aromatic nitrogens is 1. The summed E-state index contributed by atoms with van der Waals surface area (Å²) >= 11 is 7.69. The molecule has 2 N–H and O–H groups in total. The number of carbonyl (C=O) groups is 2. The van der Waals surface area contributed by atoms with Crippen LogP contribution in [0.5, 0.6) is 0 Å². The minimum atomic E-state index is -0.0828. The van der Waals surface area contributed by atoms with E-state index in [9.17, 15) is 9.59 Å². The topological polar surface area (TPSA) is 74.3 Å². The zero-order chi connectivity index (χ0) is 23.0. The van der Waals surface area contributed by atoms with Crippen molar-refractivity contribution in [3.05, 3.63) is 81.8 Å². The summed E-state index contributed by atoms with van der Waals surface area (Å²) in [4.78, 5) is 32.4. The first-order chi connectivity index (χ1) is 16.1. The smallest absolute Gasteiger partial charge is 0.240 e. The van der Waals surface area contributed by atoms with Crippen molar-refractivity contribution in [3.63, 3.8) is 0 Å². The molecule has 1 aromatic heterocycles. The van der Waals surface area contributed by atoms with Crippen LogP contribution in [0, 0.1) is 5.92 Å². The minimum absolute atomic E-state index is 0.000597. The molecule has 3 aromatic rings. The highest BCUT2D eigenvalue weighted by Gasteiger charge is 2.26. The number of hydrogen-bond acceptors (Lipinski definition) is 5. The molecule has 2 amide bonds. The van der Waals surface area contributed by atoms with Gasteiger partial charge in [-0.25, -0.2) is 4.98 Å². The Morgan fingerprint density at radius 3 is 2.55 bits per heavy atom. The monoisotopic (exact) mass is 482 g/mol. The lowest BCUT2D eigenvalue weighted by atomic mass is 9.96. The quantitative estimate of drug-likeness (QED) is 0.500. The highest BCUT2D eigenvalue weighted by atomic mass is 35.5. The van der Waals surface area contributed by atoms with Crippen LogP contribution in [-0.4, -0.2) is 41.3 Å². The third-order valence-electron chi connectivity index (χ3n) is 5.76. The van der Waals surface area contributed by atoms with Crippen molar-refractivity contribution < 1.29 is 9.59 Å². The van der Waals surface area contributed by atoms with Crippen molar-refractivity contribution in [2.24, 2.45) is 5.92 Å². The number of thiazole rings is 1. The minimum Gasteiger partial charge on any atom is -0.352 e. The second kappa shape index (κ2) is 11.4. The number of halogens is 1. The highest BCUT2D eigenvalue weighted by molar-refractivity contribution is 7.15. The summed E-state index contributed by atoms with van der Waals surface area (Å²) < 4.78 is 0. The van der Waals surface area contributed by atoms with Gasteiger partial charge in [-0.05, 0) is 43.1 Å². The van der Waals surface area contributed by atoms with Gasteiger partial charge in [-0.15, -0.1) is 11.3 Å². The predicted molar refractivity (Wildman–Crippen MR) is 132 cm³/mol. The van der Waals surface area contributed by atoms with Crippen LogP contribution in [0.2, 0.25) is 5.02 Å². The Kier molecular flexibility index (Phi) is 8.10. The molecule has 172 valence electrons. The third-order valence-corrected chi connectivity index (χ3v) is 7.04. The van der Waals surface area contributed by atoms with Crippen LogP contribution in [0.1, 0.15) is 28.8 Å². The van der Waals surface area contributed by atoms with Crippen LogP contribution in [0.15, 0.2) is 60.8 Å². The van der Waals surface area contributed by atoms with Crippen molar-refractivity contribution in [1.29, 1.82) is 0 Å². The maximum absolute atomic E-state index is 12.5. The molecule has 2 heterocycles. The van der Waals surface area contributed by atoms with E-state index in [1.54, 1.807) is 6.20 Å². The molecule has 0 radical (unpaired) electrons. The van der Waals surface area contributed by atoms with Gasteiger partial charge in [0.1, 0.15) is 0 Å². The molecule has 0 saturated carbocycles. The summed E-state index contributed by atoms with van der Waals surface area (Å²) in [6, 6.07) is 17.6. The summed E-state index contributed by atoms with van der Waals surface area (Å²) in [5.41, 5.74) is 2.13. The molecule has 1 saturated heterocycles. The average Bonchev–Trinajstić information content (AvgIpc) is 3.26. The molecule has 0 spiro atoms. The maximum atomic E-state index is 12.5. The highest BCUT2D eigenvalue weighted by Crippen LogP contribution is 2.25. The number of piperidine rings is 1. The standard InChI is InChI=1S/C25H27ClN4O2S/c26-22-9-5-4-8-20(22)14-21-16-28-25(33-21)29-23(31)17-30-12-10-19(11-13-30)24(32)27-15-18-6-2-1-3-7-18/h1-9,16,19H,10-15,17H2,(H,27,32)(H,28,29,31). The Bertz CT molecular complexity index is 1080. The fraction of sp³-hybridized carbons (Fsp3) is 0.320. The Morgan fingerprint density at radius 2 is 1.79 bits per heavy atom. The lowest BCUT2D eigenvalue weighted by Gasteiger charge is -2.30. The van der Waals surface area contributed by atoms with E-state index in [1.165, 1.54) is 11.3 Å². The largest absolute Gasteiger partial charge is 0.352 e. The van der Waals surface area contributed by atoms with E-state index < -0.39 is 0 Å². The van der Waals surface area contributed by atoms with Crippen LogP contribution in [0.4, 0.5) is 5.13 Å². The Balaban J connectivity index is 1.18. The zero-order valence-corrected chi connectivity index (χ0v) is 19.9. The van der Waals surface area contributed by atoms with Gasteiger partial charge in [-0.2, -0.15) is 0 Å². The molecular weight excluding hydrogens is 456 g/mol. The molecule has 1 fully saturated rings. The number of nitrogens with zero attached hydrogens (tertiary/aromatic N) is 2. The fourth-order valence-corrected chi connectivity index (χ4v) is 4.98. The average molecular weight is 483 g/mol. The first-order valence-electron chi connectivity index (χ1n) is 11.1. The molecule has 8 heteroatoms. The SMILES string of the molecule is O=C(CN1CCC(C(=O)NCc2ccccc2)CC1)Nc1ncc(Cc2ccccc2Cl)s1. The Hall–Kier alpha value is -2.74. The van der Waals surface area contributed by atoms with Gasteiger partial charge in [0, 0.05) is 35.0 Å². The number of hydrogen-bond donors (Lipinski definition) is 2. The molecular formula is C25H27ClN4O2S. The van der Waals surface area contributed by atoms with E-state index >= 15 is 0 Å². The van der Waals surface area contributed by atoms with Crippen LogP contribution in [-0.2, 0) is 22.6 Å². The van der Waals surface area contributed by atoms with E-state index in [2.05, 4.69) is 20.5 Å². The number of nitrogens with one attached hydrogen (secondary N) is 2. The van der Waals surface area contributed by atoms with Crippen molar-refractivity contribution in [1.82, 2.24) is 15.2 Å². The van der Waals surface area contributed by atoms with Gasteiger partial charge < -0.3 is 10.6 Å². The van der Waals surface area contributed by atoms with Gasteiger partial charge in [0.25, 0.3) is 0 Å². The number of anilines is 1. The first-order valence-corrected chi connectivity index (χ1v) is 12.3. The summed E-state index contributed by atoms with van der Waals surface area (Å²) in [5.74, 6) is 0.0109. The van der Waals surface area contributed by atoms with E-state index in [1.807, 2.05) is 54.6 Å². The number of rotatable bonds is 8. The molecule has 1 aliphatic heterocycles. The van der Waals surface area contributed by atoms with Gasteiger partial charge in [0.2, 0.25) is 11.8 Å². The molecule has 2 aromatic carbocycles. The predicted octanol–water partition coefficient (Wildman–Crippen LogP) is 4.35. The number of likely N-dealkylation sites (tertiary alicyclic amines) is 1. The van der Waals surface area contributed by atoms with Gasteiger partial charge >= 0.3 is 0 Å². The molecule has 0 atom stereocenters. The van der Waals surface area contributed by atoms with Crippen LogP contribution in [0.25, 0.3) is 0 Å². The van der Waals surface area contributed by atoms with Gasteiger partial charge in [-0.3, -0.25) is 14.5 Å². The Morgan fingerprint density at radius 1 is 1.06 bits per heavy atom. The fourth-order valence-electron chi connectivity index (χ4n) is 3.92. The molecule has 0 bridgehead atoms. The van der Waals surface area contributed by atoms with Crippen molar-refractivity contribution in [2.45, 2.75) is 25.8 Å². The molecule has 0 aliphatic carbocycles. The van der Waals surface area contributed by atoms with Gasteiger partial charge in [0.05, 0.1) is 6.54 Å². The van der Waals surface area contributed by atoms with Gasteiger partial charge in [0.15, 0.2) is 5.13 Å². The van der Waals surface area contributed by atoms with E-state index in [0.717, 1.165) is 47.0 Å². The Labute approximate surface area is 203 Å². The summed E-state index contributed by atoms with van der Waals surface area (Å²) in [6.07, 6.45) is 3.98. The van der Waals surface area contributed by atoms with E-state index in [4.69, 9.17) is 11.6 Å². The van der Waals surface area contributed by atoms with Crippen LogP contribution >= 0.6 is 22.9 Å². The number of amides is 2. The molecule has 6 nitrogen and oxygen atoms in total. The second-order valence-corrected chi connectivity index (χ2v) is 9.72. The molecule has 4 rings (SSSR count). The maximum Gasteiger partial charge on any atom is 0.240 e. The molecule has 1 aliphatic rings. The van der Waals surface area contributed by atoms with Crippen molar-refractivity contribution >= 4 is 39.9 Å². The van der Waals surface area contributed by atoms with Crippen LogP contribution < -0.4 is 10.6 Å². The van der Waals surface area contributed by atoms with Gasteiger partial charge in [-0.1, -0.05) is 60.1 Å². The lowest BCUT2D eigenvalue weighted by molar-refractivity contribution is -0.126. The number of carbonyl (C=O) groups excluding carboxylic acids is 2. The van der Waals surface area contributed by atoms with E-state index in [0.29, 0.717) is 24.6 Å². The number of benzene rings is 2. The normalized spacial score (nSPS) is 14.7. The summed E-state index contributed by atoms with van der Waals surface area (Å²) in [5, 5.41) is 7.25.